The number of pyridine rings is 1. The number of aromatic hydroxyl groups is 1. The maximum absolute atomic E-state index is 13.5. The lowest BCUT2D eigenvalue weighted by atomic mass is 10.0. The number of H-pyrrole nitrogens is 1. The van der Waals surface area contributed by atoms with Crippen LogP contribution in [0.2, 0.25) is 5.02 Å². The van der Waals surface area contributed by atoms with Crippen molar-refractivity contribution in [1.29, 1.82) is 0 Å². The Labute approximate surface area is 147 Å². The smallest absolute Gasteiger partial charge is 0.295 e. The third kappa shape index (κ3) is 3.29. The van der Waals surface area contributed by atoms with Crippen LogP contribution in [0.4, 0.5) is 4.39 Å². The van der Waals surface area contributed by atoms with Crippen molar-refractivity contribution in [1.82, 2.24) is 15.0 Å². The van der Waals surface area contributed by atoms with Gasteiger partial charge in [0.2, 0.25) is 0 Å². The number of aromatic amines is 1. The van der Waals surface area contributed by atoms with Crippen LogP contribution in [0, 0.1) is 5.82 Å². The van der Waals surface area contributed by atoms with E-state index in [2.05, 4.69) is 9.97 Å². The second-order valence-corrected chi connectivity index (χ2v) is 5.93. The molecule has 2 aromatic heterocycles. The number of fused-ring (bicyclic) bond motifs is 1. The quantitative estimate of drug-likeness (QED) is 0.489. The van der Waals surface area contributed by atoms with Crippen LogP contribution in [-0.2, 0) is 6.42 Å². The van der Waals surface area contributed by atoms with Gasteiger partial charge in [-0.1, -0.05) is 11.6 Å². The summed E-state index contributed by atoms with van der Waals surface area (Å²) < 4.78 is 13.5. The number of rotatable bonds is 4. The Bertz CT molecular complexity index is 958. The number of hydroxylamine groups is 2. The summed E-state index contributed by atoms with van der Waals surface area (Å²) in [4.78, 5) is 19.0. The molecule has 0 saturated heterocycles. The summed E-state index contributed by atoms with van der Waals surface area (Å²) in [6.45, 7) is 1.79. The number of amides is 1. The molecule has 0 atom stereocenters. The van der Waals surface area contributed by atoms with Gasteiger partial charge in [0, 0.05) is 41.8 Å². The summed E-state index contributed by atoms with van der Waals surface area (Å²) in [5.74, 6) is -1.31. The molecular formula is C17H15ClFN3O3. The zero-order valence-electron chi connectivity index (χ0n) is 13.3. The number of hydrogen-bond acceptors (Lipinski definition) is 4. The van der Waals surface area contributed by atoms with Gasteiger partial charge in [-0.05, 0) is 30.7 Å². The summed E-state index contributed by atoms with van der Waals surface area (Å²) in [7, 11) is 0. The van der Waals surface area contributed by atoms with Crippen LogP contribution in [0.3, 0.4) is 0 Å². The van der Waals surface area contributed by atoms with Crippen molar-refractivity contribution < 1.29 is 19.5 Å². The van der Waals surface area contributed by atoms with E-state index >= 15 is 0 Å². The molecule has 0 unspecified atom stereocenters. The number of carbonyl (C=O) groups excluding carboxylic acids is 1. The summed E-state index contributed by atoms with van der Waals surface area (Å²) >= 11 is 5.80. The molecule has 130 valence electrons. The molecule has 0 fully saturated rings. The maximum Gasteiger partial charge on any atom is 0.295 e. The Hall–Kier alpha value is -2.64. The van der Waals surface area contributed by atoms with Crippen LogP contribution >= 0.6 is 11.6 Å². The van der Waals surface area contributed by atoms with Gasteiger partial charge in [0.1, 0.15) is 17.3 Å². The summed E-state index contributed by atoms with van der Waals surface area (Å²) in [5, 5.41) is 20.7. The second-order valence-electron chi connectivity index (χ2n) is 5.52. The van der Waals surface area contributed by atoms with Gasteiger partial charge in [0.25, 0.3) is 5.91 Å². The number of aromatic nitrogens is 2. The molecule has 0 aliphatic heterocycles. The molecular weight excluding hydrogens is 349 g/mol. The summed E-state index contributed by atoms with van der Waals surface area (Å²) in [5.41, 5.74) is 1.84. The predicted molar refractivity (Wildman–Crippen MR) is 90.5 cm³/mol. The van der Waals surface area contributed by atoms with E-state index in [1.807, 2.05) is 0 Å². The first-order chi connectivity index (χ1) is 11.9. The number of nitrogens with one attached hydrogen (secondary N) is 1. The van der Waals surface area contributed by atoms with E-state index in [0.717, 1.165) is 17.0 Å². The number of carbonyl (C=O) groups is 1. The van der Waals surface area contributed by atoms with Gasteiger partial charge in [-0.25, -0.2) is 9.45 Å². The van der Waals surface area contributed by atoms with Crippen molar-refractivity contribution in [3.8, 4) is 5.75 Å². The summed E-state index contributed by atoms with van der Waals surface area (Å²) in [6, 6.07) is 3.79. The fraction of sp³-hybridized carbons (Fsp3) is 0.176. The molecule has 0 aliphatic rings. The van der Waals surface area contributed by atoms with Crippen molar-refractivity contribution in [2.45, 2.75) is 13.3 Å². The number of halogens is 2. The Kier molecular flexibility index (Phi) is 4.61. The van der Waals surface area contributed by atoms with Crippen LogP contribution in [0.25, 0.3) is 10.9 Å². The first-order valence-corrected chi connectivity index (χ1v) is 7.92. The normalized spacial score (nSPS) is 11.0. The standard InChI is InChI=1S/C17H15ClFN3O3/c1-2-22(25)17(24)15-6-14-12(8-21-15)10(7-20-14)3-9-4-11(19)5-13(18)16(9)23/h4-8,20,23,25H,2-3H2,1H3. The fourth-order valence-corrected chi connectivity index (χ4v) is 2.80. The molecule has 0 spiro atoms. The molecule has 3 N–H and O–H groups in total. The maximum atomic E-state index is 13.5. The first-order valence-electron chi connectivity index (χ1n) is 7.54. The lowest BCUT2D eigenvalue weighted by Gasteiger charge is -2.11. The number of phenolic OH excluding ortho intramolecular Hbond substituents is 1. The minimum absolute atomic E-state index is 0.0524. The third-order valence-corrected chi connectivity index (χ3v) is 4.18. The van der Waals surface area contributed by atoms with Gasteiger partial charge in [-0.15, -0.1) is 0 Å². The average Bonchev–Trinajstić information content (AvgIpc) is 3.00. The zero-order valence-corrected chi connectivity index (χ0v) is 14.0. The zero-order chi connectivity index (χ0) is 18.1. The minimum atomic E-state index is -0.602. The van der Waals surface area contributed by atoms with E-state index in [1.54, 1.807) is 13.1 Å². The molecule has 1 amide bonds. The van der Waals surface area contributed by atoms with Crippen LogP contribution in [-0.4, -0.2) is 37.8 Å². The summed E-state index contributed by atoms with van der Waals surface area (Å²) in [6.07, 6.45) is 3.42. The molecule has 0 aliphatic carbocycles. The van der Waals surface area contributed by atoms with Gasteiger partial charge < -0.3 is 10.1 Å². The van der Waals surface area contributed by atoms with E-state index in [1.165, 1.54) is 18.3 Å². The van der Waals surface area contributed by atoms with E-state index in [9.17, 15) is 19.5 Å². The number of hydrogen-bond donors (Lipinski definition) is 3. The van der Waals surface area contributed by atoms with E-state index < -0.39 is 11.7 Å². The Morgan fingerprint density at radius 2 is 2.12 bits per heavy atom. The molecule has 0 saturated carbocycles. The van der Waals surface area contributed by atoms with Crippen molar-refractivity contribution in [2.24, 2.45) is 0 Å². The molecule has 6 nitrogen and oxygen atoms in total. The van der Waals surface area contributed by atoms with E-state index in [0.29, 0.717) is 16.1 Å². The molecule has 3 aromatic rings. The topological polar surface area (TPSA) is 89.5 Å². The van der Waals surface area contributed by atoms with Crippen molar-refractivity contribution >= 4 is 28.4 Å². The molecule has 8 heteroatoms. The molecule has 25 heavy (non-hydrogen) atoms. The molecule has 1 aromatic carbocycles. The Balaban J connectivity index is 1.96. The van der Waals surface area contributed by atoms with Gasteiger partial charge in [-0.2, -0.15) is 0 Å². The van der Waals surface area contributed by atoms with Gasteiger partial charge in [-0.3, -0.25) is 15.0 Å². The highest BCUT2D eigenvalue weighted by atomic mass is 35.5. The molecule has 0 radical (unpaired) electrons. The molecule has 0 bridgehead atoms. The average molecular weight is 364 g/mol. The highest BCUT2D eigenvalue weighted by Gasteiger charge is 2.16. The van der Waals surface area contributed by atoms with Crippen molar-refractivity contribution in [2.75, 3.05) is 6.54 Å². The number of phenols is 1. The van der Waals surface area contributed by atoms with Crippen LogP contribution in [0.1, 0.15) is 28.5 Å². The molecule has 3 rings (SSSR count). The van der Waals surface area contributed by atoms with Crippen LogP contribution in [0.15, 0.2) is 30.6 Å². The Morgan fingerprint density at radius 1 is 1.36 bits per heavy atom. The number of nitrogens with zero attached hydrogens (tertiary/aromatic N) is 2. The lowest BCUT2D eigenvalue weighted by Crippen LogP contribution is -2.27. The van der Waals surface area contributed by atoms with Crippen molar-refractivity contribution in [3.05, 3.63) is 58.3 Å². The predicted octanol–water partition coefficient (Wildman–Crippen LogP) is 3.50. The van der Waals surface area contributed by atoms with E-state index in [4.69, 9.17) is 11.6 Å². The fourth-order valence-electron chi connectivity index (χ4n) is 2.57. The SMILES string of the molecule is CCN(O)C(=O)c1cc2[nH]cc(Cc3cc(F)cc(Cl)c3O)c2cn1. The van der Waals surface area contributed by atoms with Gasteiger partial charge >= 0.3 is 0 Å². The monoisotopic (exact) mass is 363 g/mol. The Morgan fingerprint density at radius 3 is 2.84 bits per heavy atom. The van der Waals surface area contributed by atoms with Gasteiger partial charge in [0.15, 0.2) is 0 Å². The van der Waals surface area contributed by atoms with Crippen molar-refractivity contribution in [3.63, 3.8) is 0 Å². The largest absolute Gasteiger partial charge is 0.506 e. The lowest BCUT2D eigenvalue weighted by molar-refractivity contribution is -0.0545. The van der Waals surface area contributed by atoms with Gasteiger partial charge in [0.05, 0.1) is 5.02 Å². The minimum Gasteiger partial charge on any atom is -0.506 e. The highest BCUT2D eigenvalue weighted by molar-refractivity contribution is 6.32. The molecule has 2 heterocycles. The number of benzene rings is 1. The van der Waals surface area contributed by atoms with Crippen LogP contribution < -0.4 is 0 Å². The highest BCUT2D eigenvalue weighted by Crippen LogP contribution is 2.31. The second kappa shape index (κ2) is 6.70. The first kappa shape index (κ1) is 17.2. The van der Waals surface area contributed by atoms with Crippen LogP contribution in [0.5, 0.6) is 5.75 Å². The van der Waals surface area contributed by atoms with E-state index in [-0.39, 0.29) is 29.4 Å². The third-order valence-electron chi connectivity index (χ3n) is 3.89.